The van der Waals surface area contributed by atoms with E-state index in [1.54, 1.807) is 13.8 Å². The number of aliphatic hydroxyl groups excluding tert-OH is 1. The molecule has 0 heterocycles. The van der Waals surface area contributed by atoms with Gasteiger partial charge in [0, 0.05) is 6.61 Å². The van der Waals surface area contributed by atoms with Gasteiger partial charge in [-0.05, 0) is 31.4 Å². The first-order valence-corrected chi connectivity index (χ1v) is 4.47. The molecule has 0 aliphatic rings. The zero-order chi connectivity index (χ0) is 9.90. The highest BCUT2D eigenvalue weighted by Crippen LogP contribution is 2.23. The van der Waals surface area contributed by atoms with Gasteiger partial charge >= 0.3 is 0 Å². The molecule has 72 valence electrons. The van der Waals surface area contributed by atoms with Gasteiger partial charge in [-0.25, -0.2) is 0 Å². The third-order valence-electron chi connectivity index (χ3n) is 2.06. The second kappa shape index (κ2) is 3.90. The van der Waals surface area contributed by atoms with E-state index in [1.165, 1.54) is 0 Å². The predicted octanol–water partition coefficient (Wildman–Crippen LogP) is 1.45. The highest BCUT2D eigenvalue weighted by molar-refractivity contribution is 5.31. The van der Waals surface area contributed by atoms with Gasteiger partial charge < -0.3 is 10.2 Å². The maximum Gasteiger partial charge on any atom is 0.0843 e. The Morgan fingerprint density at radius 2 is 1.85 bits per heavy atom. The van der Waals surface area contributed by atoms with Crippen molar-refractivity contribution in [1.82, 2.24) is 0 Å². The molecule has 0 amide bonds. The van der Waals surface area contributed by atoms with Crippen molar-refractivity contribution in [2.75, 3.05) is 6.61 Å². The molecule has 0 bridgehead atoms. The van der Waals surface area contributed by atoms with Crippen LogP contribution in [0.25, 0.3) is 0 Å². The van der Waals surface area contributed by atoms with E-state index in [2.05, 4.69) is 0 Å². The van der Waals surface area contributed by atoms with E-state index in [4.69, 9.17) is 5.11 Å². The van der Waals surface area contributed by atoms with Crippen LogP contribution >= 0.6 is 0 Å². The zero-order valence-corrected chi connectivity index (χ0v) is 8.12. The third-order valence-corrected chi connectivity index (χ3v) is 2.06. The Labute approximate surface area is 78.8 Å². The van der Waals surface area contributed by atoms with Crippen LogP contribution in [-0.4, -0.2) is 16.8 Å². The summed E-state index contributed by atoms with van der Waals surface area (Å²) in [5, 5.41) is 18.6. The van der Waals surface area contributed by atoms with E-state index >= 15 is 0 Å². The van der Waals surface area contributed by atoms with Gasteiger partial charge in [-0.2, -0.15) is 0 Å². The van der Waals surface area contributed by atoms with Gasteiger partial charge in [-0.3, -0.25) is 0 Å². The van der Waals surface area contributed by atoms with Crippen molar-refractivity contribution < 1.29 is 10.2 Å². The molecule has 0 saturated heterocycles. The van der Waals surface area contributed by atoms with Crippen LogP contribution in [0.5, 0.6) is 0 Å². The Bertz CT molecular complexity index is 274. The second-order valence-corrected chi connectivity index (χ2v) is 3.69. The minimum atomic E-state index is -0.828. The standard InChI is InChI=1S/C11H16O2/c1-11(2,13)10-6-4-3-5-9(10)7-8-12/h3-6,12-13H,7-8H2,1-2H3. The lowest BCUT2D eigenvalue weighted by molar-refractivity contribution is 0.0774. The summed E-state index contributed by atoms with van der Waals surface area (Å²) in [5.41, 5.74) is 1.08. The Hall–Kier alpha value is -0.860. The van der Waals surface area contributed by atoms with Crippen LogP contribution in [0.15, 0.2) is 24.3 Å². The summed E-state index contributed by atoms with van der Waals surface area (Å²) in [4.78, 5) is 0. The zero-order valence-electron chi connectivity index (χ0n) is 8.12. The fourth-order valence-electron chi connectivity index (χ4n) is 1.46. The molecule has 1 aromatic carbocycles. The summed E-state index contributed by atoms with van der Waals surface area (Å²) in [6.07, 6.45) is 0.597. The van der Waals surface area contributed by atoms with E-state index in [0.717, 1.165) is 11.1 Å². The number of aliphatic hydroxyl groups is 2. The maximum atomic E-state index is 9.81. The summed E-state index contributed by atoms with van der Waals surface area (Å²) >= 11 is 0. The Balaban J connectivity index is 3.05. The molecule has 2 N–H and O–H groups in total. The van der Waals surface area contributed by atoms with Gasteiger partial charge in [0.25, 0.3) is 0 Å². The topological polar surface area (TPSA) is 40.5 Å². The van der Waals surface area contributed by atoms with E-state index in [9.17, 15) is 5.11 Å². The van der Waals surface area contributed by atoms with Crippen molar-refractivity contribution in [2.45, 2.75) is 25.9 Å². The Kier molecular flexibility index (Phi) is 3.07. The fraction of sp³-hybridized carbons (Fsp3) is 0.455. The average Bonchev–Trinajstić information content (AvgIpc) is 2.04. The van der Waals surface area contributed by atoms with E-state index in [1.807, 2.05) is 24.3 Å². The molecule has 2 nitrogen and oxygen atoms in total. The second-order valence-electron chi connectivity index (χ2n) is 3.69. The monoisotopic (exact) mass is 180 g/mol. The van der Waals surface area contributed by atoms with Crippen LogP contribution in [0.4, 0.5) is 0 Å². The van der Waals surface area contributed by atoms with Crippen LogP contribution in [0, 0.1) is 0 Å². The summed E-state index contributed by atoms with van der Waals surface area (Å²) in [5.74, 6) is 0. The largest absolute Gasteiger partial charge is 0.396 e. The third kappa shape index (κ3) is 2.54. The molecule has 0 spiro atoms. The normalized spacial score (nSPS) is 11.7. The molecule has 13 heavy (non-hydrogen) atoms. The number of hydrogen-bond acceptors (Lipinski definition) is 2. The Morgan fingerprint density at radius 3 is 2.38 bits per heavy atom. The van der Waals surface area contributed by atoms with Gasteiger partial charge in [-0.15, -0.1) is 0 Å². The summed E-state index contributed by atoms with van der Waals surface area (Å²) in [7, 11) is 0. The lowest BCUT2D eigenvalue weighted by Gasteiger charge is -2.21. The van der Waals surface area contributed by atoms with Crippen LogP contribution in [0.1, 0.15) is 25.0 Å². The molecule has 1 rings (SSSR count). The van der Waals surface area contributed by atoms with Crippen molar-refractivity contribution in [3.05, 3.63) is 35.4 Å². The highest BCUT2D eigenvalue weighted by Gasteiger charge is 2.18. The van der Waals surface area contributed by atoms with Crippen molar-refractivity contribution >= 4 is 0 Å². The van der Waals surface area contributed by atoms with Gasteiger partial charge in [0.05, 0.1) is 5.60 Å². The highest BCUT2D eigenvalue weighted by atomic mass is 16.3. The number of rotatable bonds is 3. The minimum Gasteiger partial charge on any atom is -0.396 e. The quantitative estimate of drug-likeness (QED) is 0.739. The molecule has 0 fully saturated rings. The predicted molar refractivity (Wildman–Crippen MR) is 52.5 cm³/mol. The van der Waals surface area contributed by atoms with Gasteiger partial charge in [0.1, 0.15) is 0 Å². The van der Waals surface area contributed by atoms with Crippen LogP contribution in [-0.2, 0) is 12.0 Å². The van der Waals surface area contributed by atoms with Crippen molar-refractivity contribution in [1.29, 1.82) is 0 Å². The van der Waals surface area contributed by atoms with Gasteiger partial charge in [0.15, 0.2) is 0 Å². The molecular weight excluding hydrogens is 164 g/mol. The molecule has 0 atom stereocenters. The number of benzene rings is 1. The summed E-state index contributed by atoms with van der Waals surface area (Å²) in [6, 6.07) is 7.64. The van der Waals surface area contributed by atoms with Crippen molar-refractivity contribution in [3.8, 4) is 0 Å². The van der Waals surface area contributed by atoms with Gasteiger partial charge in [0.2, 0.25) is 0 Å². The first-order chi connectivity index (χ1) is 6.05. The minimum absolute atomic E-state index is 0.118. The molecule has 0 radical (unpaired) electrons. The average molecular weight is 180 g/mol. The summed E-state index contributed by atoms with van der Waals surface area (Å²) < 4.78 is 0. The van der Waals surface area contributed by atoms with Crippen molar-refractivity contribution in [2.24, 2.45) is 0 Å². The van der Waals surface area contributed by atoms with Crippen LogP contribution in [0.3, 0.4) is 0 Å². The first-order valence-electron chi connectivity index (χ1n) is 4.47. The van der Waals surface area contributed by atoms with Crippen molar-refractivity contribution in [3.63, 3.8) is 0 Å². The van der Waals surface area contributed by atoms with E-state index < -0.39 is 5.60 Å². The molecular formula is C11H16O2. The Morgan fingerprint density at radius 1 is 1.23 bits per heavy atom. The van der Waals surface area contributed by atoms with E-state index in [0.29, 0.717) is 6.42 Å². The van der Waals surface area contributed by atoms with E-state index in [-0.39, 0.29) is 6.61 Å². The first kappa shape index (κ1) is 10.2. The molecule has 0 aliphatic heterocycles. The van der Waals surface area contributed by atoms with Crippen LogP contribution < -0.4 is 0 Å². The molecule has 1 aromatic rings. The molecule has 0 unspecified atom stereocenters. The fourth-order valence-corrected chi connectivity index (χ4v) is 1.46. The van der Waals surface area contributed by atoms with Crippen LogP contribution in [0.2, 0.25) is 0 Å². The lowest BCUT2D eigenvalue weighted by Crippen LogP contribution is -2.18. The number of hydrogen-bond donors (Lipinski definition) is 2. The molecule has 2 heteroatoms. The molecule has 0 saturated carbocycles. The molecule has 0 aliphatic carbocycles. The smallest absolute Gasteiger partial charge is 0.0843 e. The van der Waals surface area contributed by atoms with Gasteiger partial charge in [-0.1, -0.05) is 24.3 Å². The SMILES string of the molecule is CC(C)(O)c1ccccc1CCO. The maximum absolute atomic E-state index is 9.81. The summed E-state index contributed by atoms with van der Waals surface area (Å²) in [6.45, 7) is 3.62. The molecule has 0 aromatic heterocycles. The lowest BCUT2D eigenvalue weighted by atomic mass is 9.92.